The summed E-state index contributed by atoms with van der Waals surface area (Å²) in [7, 11) is 0. The van der Waals surface area contributed by atoms with Gasteiger partial charge in [0.2, 0.25) is 0 Å². The molecule has 1 heterocycles. The van der Waals surface area contributed by atoms with E-state index in [0.717, 1.165) is 17.7 Å². The molecule has 0 aliphatic rings. The van der Waals surface area contributed by atoms with Gasteiger partial charge in [-0.15, -0.1) is 0 Å². The number of nitrogens with zero attached hydrogens (tertiary/aromatic N) is 2. The predicted molar refractivity (Wildman–Crippen MR) is 144 cm³/mol. The Morgan fingerprint density at radius 2 is 1.77 bits per heavy atom. The van der Waals surface area contributed by atoms with Crippen LogP contribution in [0.1, 0.15) is 39.2 Å². The zero-order valence-electron chi connectivity index (χ0n) is 21.0. The summed E-state index contributed by atoms with van der Waals surface area (Å²) in [4.78, 5) is 30.7. The van der Waals surface area contributed by atoms with Gasteiger partial charge in [-0.05, 0) is 55.0 Å². The third-order valence-corrected chi connectivity index (χ3v) is 6.00. The van der Waals surface area contributed by atoms with E-state index in [9.17, 15) is 23.5 Å². The molecule has 0 aliphatic heterocycles. The molecule has 39 heavy (non-hydrogen) atoms. The first-order valence-corrected chi connectivity index (χ1v) is 12.1. The Balaban J connectivity index is 1.62. The lowest BCUT2D eigenvalue weighted by molar-refractivity contribution is 0.0697. The van der Waals surface area contributed by atoms with Gasteiger partial charge in [0.1, 0.15) is 18.2 Å². The highest BCUT2D eigenvalue weighted by Gasteiger charge is 2.23. The van der Waals surface area contributed by atoms with Crippen molar-refractivity contribution in [1.82, 2.24) is 4.98 Å². The number of carboxylic acid groups (broad SMARTS) is 1. The van der Waals surface area contributed by atoms with Crippen LogP contribution in [0, 0.1) is 11.6 Å². The van der Waals surface area contributed by atoms with Crippen molar-refractivity contribution in [3.05, 3.63) is 113 Å². The van der Waals surface area contributed by atoms with Gasteiger partial charge in [0, 0.05) is 30.2 Å². The summed E-state index contributed by atoms with van der Waals surface area (Å²) in [5, 5.41) is 12.6. The number of hydrogen-bond acceptors (Lipinski definition) is 6. The van der Waals surface area contributed by atoms with Crippen molar-refractivity contribution in [2.75, 3.05) is 29.1 Å². The van der Waals surface area contributed by atoms with Crippen molar-refractivity contribution in [2.24, 2.45) is 0 Å². The molecule has 0 fully saturated rings. The molecule has 0 saturated carbocycles. The topological polar surface area (TPSA) is 118 Å². The van der Waals surface area contributed by atoms with Crippen LogP contribution in [0.3, 0.4) is 0 Å². The van der Waals surface area contributed by atoms with Crippen molar-refractivity contribution in [1.29, 1.82) is 0 Å². The summed E-state index contributed by atoms with van der Waals surface area (Å²) in [6.45, 7) is 1.98. The molecule has 4 N–H and O–H groups in total. The molecule has 1 atom stereocenters. The lowest BCUT2D eigenvalue weighted by Gasteiger charge is -2.25. The minimum atomic E-state index is -1.17. The number of carboxylic acids is 1. The maximum Gasteiger partial charge on any atom is 0.337 e. The molecule has 4 aromatic rings. The Kier molecular flexibility index (Phi) is 8.35. The molecule has 1 aromatic heterocycles. The first kappa shape index (κ1) is 27.1. The normalized spacial score (nSPS) is 11.5. The van der Waals surface area contributed by atoms with Crippen LogP contribution >= 0.6 is 0 Å². The van der Waals surface area contributed by atoms with Gasteiger partial charge in [-0.1, -0.05) is 30.3 Å². The molecule has 0 aliphatic carbocycles. The van der Waals surface area contributed by atoms with Crippen molar-refractivity contribution in [2.45, 2.75) is 13.0 Å². The van der Waals surface area contributed by atoms with E-state index in [-0.39, 0.29) is 41.5 Å². The van der Waals surface area contributed by atoms with E-state index in [4.69, 9.17) is 10.5 Å². The fourth-order valence-electron chi connectivity index (χ4n) is 4.00. The summed E-state index contributed by atoms with van der Waals surface area (Å²) < 4.78 is 33.3. The van der Waals surface area contributed by atoms with Gasteiger partial charge in [0.25, 0.3) is 5.91 Å². The maximum absolute atomic E-state index is 13.9. The van der Waals surface area contributed by atoms with Crippen LogP contribution in [0.4, 0.5) is 26.0 Å². The van der Waals surface area contributed by atoms with Gasteiger partial charge in [0.05, 0.1) is 17.2 Å². The summed E-state index contributed by atoms with van der Waals surface area (Å²) in [6, 6.07) is 19.6. The van der Waals surface area contributed by atoms with Gasteiger partial charge in [0.15, 0.2) is 11.6 Å². The van der Waals surface area contributed by atoms with Crippen LogP contribution in [0.15, 0.2) is 85.1 Å². The first-order chi connectivity index (χ1) is 18.8. The summed E-state index contributed by atoms with van der Waals surface area (Å²) in [6.07, 6.45) is 1.52. The number of halogens is 2. The Hall–Kier alpha value is -4.99. The van der Waals surface area contributed by atoms with Gasteiger partial charge >= 0.3 is 5.97 Å². The molecule has 0 unspecified atom stereocenters. The number of anilines is 3. The number of carbonyl (C=O) groups is 2. The standard InChI is InChI=1S/C29H26F2N4O4/c1-2-35(19-10-12-23(30)24(31)15-19)28(36)21-9-6-14-33-27(21)34-26(18-7-4-3-5-8-18)17-39-20-11-13-25(32)22(16-20)29(37)38/h3-16,26H,2,17,32H2,1H3,(H,33,34)(H,37,38)/t26-/m1/s1. The second-order valence-electron chi connectivity index (χ2n) is 8.52. The van der Waals surface area contributed by atoms with Crippen LogP contribution in [-0.4, -0.2) is 35.1 Å². The third-order valence-electron chi connectivity index (χ3n) is 6.00. The van der Waals surface area contributed by atoms with Crippen LogP contribution in [0.2, 0.25) is 0 Å². The fraction of sp³-hybridized carbons (Fsp3) is 0.138. The van der Waals surface area contributed by atoms with E-state index in [0.29, 0.717) is 5.75 Å². The molecule has 3 aromatic carbocycles. The highest BCUT2D eigenvalue weighted by Crippen LogP contribution is 2.27. The summed E-state index contributed by atoms with van der Waals surface area (Å²) >= 11 is 0. The minimum absolute atomic E-state index is 0.0534. The molecule has 0 saturated heterocycles. The van der Waals surface area contributed by atoms with Gasteiger partial charge in [-0.25, -0.2) is 18.6 Å². The highest BCUT2D eigenvalue weighted by atomic mass is 19.2. The Labute approximate surface area is 223 Å². The van der Waals surface area contributed by atoms with E-state index < -0.39 is 29.6 Å². The highest BCUT2D eigenvalue weighted by molar-refractivity contribution is 6.09. The van der Waals surface area contributed by atoms with E-state index >= 15 is 0 Å². The zero-order chi connectivity index (χ0) is 27.9. The number of carbonyl (C=O) groups excluding carboxylic acids is 1. The number of nitrogens with one attached hydrogen (secondary N) is 1. The first-order valence-electron chi connectivity index (χ1n) is 12.1. The number of aromatic carboxylic acids is 1. The monoisotopic (exact) mass is 532 g/mol. The average Bonchev–Trinajstić information content (AvgIpc) is 2.94. The molecule has 10 heteroatoms. The van der Waals surface area contributed by atoms with Crippen molar-refractivity contribution < 1.29 is 28.2 Å². The fourth-order valence-corrected chi connectivity index (χ4v) is 4.00. The van der Waals surface area contributed by atoms with Crippen LogP contribution < -0.4 is 20.7 Å². The number of pyridine rings is 1. The van der Waals surface area contributed by atoms with Gasteiger partial charge in [-0.2, -0.15) is 0 Å². The van der Waals surface area contributed by atoms with Crippen LogP contribution in [-0.2, 0) is 0 Å². The SMILES string of the molecule is CCN(C(=O)c1cccnc1N[C@H](COc1ccc(N)c(C(=O)O)c1)c1ccccc1)c1ccc(F)c(F)c1. The Morgan fingerprint density at radius 3 is 2.46 bits per heavy atom. The Bertz CT molecular complexity index is 1480. The number of hydrogen-bond donors (Lipinski definition) is 3. The lowest BCUT2D eigenvalue weighted by Crippen LogP contribution is -2.32. The van der Waals surface area contributed by atoms with Gasteiger partial charge in [-0.3, -0.25) is 4.79 Å². The summed E-state index contributed by atoms with van der Waals surface area (Å²) in [5.74, 6) is -3.14. The summed E-state index contributed by atoms with van der Waals surface area (Å²) in [5.41, 5.74) is 7.03. The van der Waals surface area contributed by atoms with Crippen molar-refractivity contribution in [3.63, 3.8) is 0 Å². The molecule has 1 amide bonds. The molecule has 8 nitrogen and oxygen atoms in total. The second-order valence-corrected chi connectivity index (χ2v) is 8.52. The molecule has 0 bridgehead atoms. The largest absolute Gasteiger partial charge is 0.491 e. The van der Waals surface area contributed by atoms with Crippen molar-refractivity contribution in [3.8, 4) is 5.75 Å². The van der Waals surface area contributed by atoms with Crippen molar-refractivity contribution >= 4 is 29.1 Å². The lowest BCUT2D eigenvalue weighted by atomic mass is 10.1. The molecule has 200 valence electrons. The zero-order valence-corrected chi connectivity index (χ0v) is 21.0. The van der Waals surface area contributed by atoms with E-state index in [1.807, 2.05) is 30.3 Å². The predicted octanol–water partition coefficient (Wildman–Crippen LogP) is 5.54. The van der Waals surface area contributed by atoms with E-state index in [1.165, 1.54) is 29.3 Å². The number of nitrogens with two attached hydrogens (primary N) is 1. The third kappa shape index (κ3) is 6.30. The molecule has 0 radical (unpaired) electrons. The average molecular weight is 533 g/mol. The van der Waals surface area contributed by atoms with Crippen LogP contribution in [0.5, 0.6) is 5.75 Å². The molecule has 4 rings (SSSR count). The van der Waals surface area contributed by atoms with Crippen LogP contribution in [0.25, 0.3) is 0 Å². The van der Waals surface area contributed by atoms with E-state index in [1.54, 1.807) is 25.1 Å². The number of nitrogen functional groups attached to an aromatic ring is 1. The van der Waals surface area contributed by atoms with E-state index in [2.05, 4.69) is 10.3 Å². The second kappa shape index (κ2) is 12.0. The number of ether oxygens (including phenoxy) is 1. The number of amides is 1. The maximum atomic E-state index is 13.9. The molecular formula is C29H26F2N4O4. The number of benzene rings is 3. The smallest absolute Gasteiger partial charge is 0.337 e. The number of aromatic nitrogens is 1. The molecule has 0 spiro atoms. The van der Waals surface area contributed by atoms with Gasteiger partial charge < -0.3 is 25.8 Å². The number of rotatable bonds is 10. The minimum Gasteiger partial charge on any atom is -0.491 e. The Morgan fingerprint density at radius 1 is 1.00 bits per heavy atom. The quantitative estimate of drug-likeness (QED) is 0.230. The molecular weight excluding hydrogens is 506 g/mol.